The number of aromatic hydroxyl groups is 1. The van der Waals surface area contributed by atoms with E-state index in [0.717, 1.165) is 31.1 Å². The second kappa shape index (κ2) is 5.59. The number of benzene rings is 3. The third-order valence-electron chi connectivity index (χ3n) is 6.71. The van der Waals surface area contributed by atoms with E-state index in [2.05, 4.69) is 43.3 Å². The molecule has 0 bridgehead atoms. The molecule has 1 saturated carbocycles. The fourth-order valence-corrected chi connectivity index (χ4v) is 5.48. The van der Waals surface area contributed by atoms with Gasteiger partial charge in [-0.15, -0.1) is 0 Å². The summed E-state index contributed by atoms with van der Waals surface area (Å²) in [5, 5.41) is 22.8. The quantitative estimate of drug-likeness (QED) is 0.620. The number of hydrogen-bond acceptors (Lipinski definition) is 2. The van der Waals surface area contributed by atoms with Crippen molar-refractivity contribution in [2.45, 2.75) is 44.6 Å². The number of hydrogen-bond donors (Lipinski definition) is 2. The van der Waals surface area contributed by atoms with Crippen LogP contribution in [0.5, 0.6) is 5.75 Å². The van der Waals surface area contributed by atoms with Crippen molar-refractivity contribution in [1.29, 1.82) is 0 Å². The molecule has 0 amide bonds. The van der Waals surface area contributed by atoms with Crippen LogP contribution in [0.15, 0.2) is 54.6 Å². The van der Waals surface area contributed by atoms with Crippen LogP contribution >= 0.6 is 0 Å². The molecular weight excluding hydrogens is 320 g/mol. The van der Waals surface area contributed by atoms with E-state index in [1.54, 1.807) is 6.07 Å². The van der Waals surface area contributed by atoms with Gasteiger partial charge in [0, 0.05) is 0 Å². The highest BCUT2D eigenvalue weighted by atomic mass is 16.3. The van der Waals surface area contributed by atoms with Gasteiger partial charge >= 0.3 is 0 Å². The van der Waals surface area contributed by atoms with Crippen molar-refractivity contribution in [1.82, 2.24) is 0 Å². The van der Waals surface area contributed by atoms with Crippen LogP contribution in [0.2, 0.25) is 0 Å². The average molecular weight is 344 g/mol. The van der Waals surface area contributed by atoms with Crippen LogP contribution < -0.4 is 0 Å². The Labute approximate surface area is 154 Å². The maximum atomic E-state index is 10.4. The van der Waals surface area contributed by atoms with Crippen molar-refractivity contribution >= 4 is 10.8 Å². The lowest BCUT2D eigenvalue weighted by molar-refractivity contribution is 0.159. The molecule has 0 saturated heterocycles. The van der Waals surface area contributed by atoms with Gasteiger partial charge < -0.3 is 10.2 Å². The first-order chi connectivity index (χ1) is 12.5. The Morgan fingerprint density at radius 3 is 2.65 bits per heavy atom. The number of aliphatic hydroxyl groups excluding tert-OH is 1. The standard InChI is InChI=1S/C24H24O2/c1-24-10-9-20-19-8-7-17(25)11-16(19)12-21(15-5-3-2-4-6-15)23(20)22(24)13-18(26)14-24/h2-8,11-12,18,22,25-26H,9-10,13-14H2,1H3/t18-,22+,24-/m1/s1. The molecule has 2 aliphatic rings. The molecule has 2 heteroatoms. The van der Waals surface area contributed by atoms with Gasteiger partial charge in [-0.25, -0.2) is 0 Å². The maximum absolute atomic E-state index is 10.4. The van der Waals surface area contributed by atoms with Crippen LogP contribution in [-0.4, -0.2) is 16.3 Å². The molecule has 26 heavy (non-hydrogen) atoms. The minimum atomic E-state index is -0.199. The van der Waals surface area contributed by atoms with Gasteiger partial charge in [0.25, 0.3) is 0 Å². The molecule has 3 aromatic carbocycles. The second-order valence-electron chi connectivity index (χ2n) is 8.39. The van der Waals surface area contributed by atoms with Gasteiger partial charge in [0.2, 0.25) is 0 Å². The summed E-state index contributed by atoms with van der Waals surface area (Å²) in [6, 6.07) is 18.5. The zero-order valence-corrected chi connectivity index (χ0v) is 15.1. The topological polar surface area (TPSA) is 40.5 Å². The van der Waals surface area contributed by atoms with Crippen molar-refractivity contribution in [2.24, 2.45) is 5.41 Å². The summed E-state index contributed by atoms with van der Waals surface area (Å²) in [5.74, 6) is 0.711. The lowest BCUT2D eigenvalue weighted by Crippen LogP contribution is -2.27. The van der Waals surface area contributed by atoms with Crippen molar-refractivity contribution in [2.75, 3.05) is 0 Å². The number of phenols is 1. The van der Waals surface area contributed by atoms with Crippen LogP contribution in [0.25, 0.3) is 21.9 Å². The van der Waals surface area contributed by atoms with Crippen molar-refractivity contribution in [3.05, 3.63) is 65.7 Å². The Morgan fingerprint density at radius 2 is 1.85 bits per heavy atom. The van der Waals surface area contributed by atoms with E-state index in [9.17, 15) is 10.2 Å². The number of phenolic OH excluding ortho intramolecular Hbond substituents is 1. The summed E-state index contributed by atoms with van der Waals surface area (Å²) in [7, 11) is 0. The Morgan fingerprint density at radius 1 is 1.04 bits per heavy atom. The molecule has 2 aliphatic carbocycles. The number of rotatable bonds is 1. The Bertz CT molecular complexity index is 992. The molecule has 2 N–H and O–H groups in total. The molecule has 1 fully saturated rings. The molecule has 132 valence electrons. The molecule has 0 heterocycles. The zero-order chi connectivity index (χ0) is 17.9. The fraction of sp³-hybridized carbons (Fsp3) is 0.333. The summed E-state index contributed by atoms with van der Waals surface area (Å²) in [4.78, 5) is 0. The van der Waals surface area contributed by atoms with Gasteiger partial charge in [-0.2, -0.15) is 0 Å². The first-order valence-corrected chi connectivity index (χ1v) is 9.57. The maximum Gasteiger partial charge on any atom is 0.116 e. The second-order valence-corrected chi connectivity index (χ2v) is 8.39. The lowest BCUT2D eigenvalue weighted by Gasteiger charge is -2.39. The molecule has 5 rings (SSSR count). The molecule has 3 aromatic rings. The van der Waals surface area contributed by atoms with Gasteiger partial charge in [0.15, 0.2) is 0 Å². The summed E-state index contributed by atoms with van der Waals surface area (Å²) in [5.41, 5.74) is 5.52. The Hall–Kier alpha value is -2.32. The van der Waals surface area contributed by atoms with Crippen LogP contribution in [-0.2, 0) is 6.42 Å². The van der Waals surface area contributed by atoms with E-state index in [4.69, 9.17) is 0 Å². The highest BCUT2D eigenvalue weighted by Gasteiger charge is 2.47. The fourth-order valence-electron chi connectivity index (χ4n) is 5.48. The number of aryl methyl sites for hydroxylation is 1. The SMILES string of the molecule is C[C@]12CCc3c(c(-c4ccccc4)cc4cc(O)ccc34)[C@@H]1C[C@@H](O)C2. The highest BCUT2D eigenvalue weighted by molar-refractivity contribution is 5.94. The minimum absolute atomic E-state index is 0.181. The summed E-state index contributed by atoms with van der Waals surface area (Å²) in [6.07, 6.45) is 3.72. The Balaban J connectivity index is 1.84. The first kappa shape index (κ1) is 15.9. The number of aliphatic hydroxyl groups is 1. The van der Waals surface area contributed by atoms with Crippen molar-refractivity contribution in [3.8, 4) is 16.9 Å². The zero-order valence-electron chi connectivity index (χ0n) is 15.1. The lowest BCUT2D eigenvalue weighted by atomic mass is 9.64. The van der Waals surface area contributed by atoms with E-state index in [-0.39, 0.29) is 11.5 Å². The minimum Gasteiger partial charge on any atom is -0.508 e. The molecule has 3 atom stereocenters. The molecule has 0 spiro atoms. The van der Waals surface area contributed by atoms with Crippen LogP contribution in [0, 0.1) is 5.41 Å². The first-order valence-electron chi connectivity index (χ1n) is 9.57. The molecule has 2 nitrogen and oxygen atoms in total. The molecule has 0 aromatic heterocycles. The third-order valence-corrected chi connectivity index (χ3v) is 6.71. The van der Waals surface area contributed by atoms with Gasteiger partial charge in [0.1, 0.15) is 5.75 Å². The largest absolute Gasteiger partial charge is 0.508 e. The highest BCUT2D eigenvalue weighted by Crippen LogP contribution is 2.58. The van der Waals surface area contributed by atoms with Crippen molar-refractivity contribution < 1.29 is 10.2 Å². The van der Waals surface area contributed by atoms with E-state index >= 15 is 0 Å². The smallest absolute Gasteiger partial charge is 0.116 e. The van der Waals surface area contributed by atoms with Gasteiger partial charge in [-0.3, -0.25) is 0 Å². The predicted octanol–water partition coefficient (Wildman–Crippen LogP) is 5.40. The molecule has 0 radical (unpaired) electrons. The van der Waals surface area contributed by atoms with Gasteiger partial charge in [-0.05, 0) is 88.2 Å². The average Bonchev–Trinajstić information content (AvgIpc) is 2.95. The summed E-state index contributed by atoms with van der Waals surface area (Å²) in [6.45, 7) is 2.35. The van der Waals surface area contributed by atoms with E-state index in [0.29, 0.717) is 11.7 Å². The monoisotopic (exact) mass is 344 g/mol. The van der Waals surface area contributed by atoms with E-state index in [1.165, 1.54) is 27.6 Å². The van der Waals surface area contributed by atoms with E-state index in [1.807, 2.05) is 12.1 Å². The van der Waals surface area contributed by atoms with E-state index < -0.39 is 0 Å². The third kappa shape index (κ3) is 2.29. The van der Waals surface area contributed by atoms with Crippen LogP contribution in [0.1, 0.15) is 43.2 Å². The van der Waals surface area contributed by atoms with Gasteiger partial charge in [0.05, 0.1) is 6.10 Å². The van der Waals surface area contributed by atoms with Gasteiger partial charge in [-0.1, -0.05) is 43.3 Å². The van der Waals surface area contributed by atoms with Crippen LogP contribution in [0.3, 0.4) is 0 Å². The van der Waals surface area contributed by atoms with Crippen LogP contribution in [0.4, 0.5) is 0 Å². The predicted molar refractivity (Wildman–Crippen MR) is 105 cm³/mol. The Kier molecular flexibility index (Phi) is 3.42. The van der Waals surface area contributed by atoms with Crippen molar-refractivity contribution in [3.63, 3.8) is 0 Å². The molecule has 0 unspecified atom stereocenters. The summed E-state index contributed by atoms with van der Waals surface area (Å²) >= 11 is 0. The number of fused-ring (bicyclic) bond motifs is 5. The molecule has 0 aliphatic heterocycles. The summed E-state index contributed by atoms with van der Waals surface area (Å²) < 4.78 is 0. The molecular formula is C24H24O2. The normalized spacial score (nSPS) is 27.3.